The van der Waals surface area contributed by atoms with Crippen molar-refractivity contribution in [3.05, 3.63) is 12.7 Å². The second-order valence-corrected chi connectivity index (χ2v) is 3.73. The van der Waals surface area contributed by atoms with Crippen molar-refractivity contribution in [1.29, 1.82) is 0 Å². The zero-order valence-electron chi connectivity index (χ0n) is 7.72. The van der Waals surface area contributed by atoms with Crippen molar-refractivity contribution in [3.8, 4) is 0 Å². The molecule has 0 unspecified atom stereocenters. The van der Waals surface area contributed by atoms with Gasteiger partial charge >= 0.3 is 0 Å². The van der Waals surface area contributed by atoms with E-state index >= 15 is 0 Å². The minimum atomic E-state index is 0.224. The van der Waals surface area contributed by atoms with Crippen molar-refractivity contribution in [3.63, 3.8) is 0 Å². The minimum absolute atomic E-state index is 0.224. The third kappa shape index (κ3) is 3.21. The van der Waals surface area contributed by atoms with Crippen LogP contribution >= 0.6 is 0 Å². The maximum absolute atomic E-state index is 11.1. The molecule has 1 rings (SSSR count). The van der Waals surface area contributed by atoms with E-state index in [1.807, 2.05) is 0 Å². The first kappa shape index (κ1) is 9.50. The fraction of sp³-hybridized carbons (Fsp3) is 0.727. The predicted molar refractivity (Wildman–Crippen MR) is 51.0 cm³/mol. The monoisotopic (exact) mass is 166 g/mol. The van der Waals surface area contributed by atoms with Crippen molar-refractivity contribution < 1.29 is 4.79 Å². The molecule has 0 radical (unpaired) electrons. The van der Waals surface area contributed by atoms with Crippen LogP contribution in [0.1, 0.15) is 44.9 Å². The summed E-state index contributed by atoms with van der Waals surface area (Å²) in [5.41, 5.74) is 0. The Balaban J connectivity index is 2.29. The van der Waals surface area contributed by atoms with Crippen LogP contribution in [0.15, 0.2) is 12.7 Å². The van der Waals surface area contributed by atoms with Gasteiger partial charge in [-0.1, -0.05) is 45.1 Å². The van der Waals surface area contributed by atoms with E-state index in [-0.39, 0.29) is 5.78 Å². The van der Waals surface area contributed by atoms with Gasteiger partial charge in [0, 0.05) is 6.42 Å². The van der Waals surface area contributed by atoms with Crippen molar-refractivity contribution in [2.24, 2.45) is 5.92 Å². The van der Waals surface area contributed by atoms with E-state index in [0.29, 0.717) is 5.92 Å². The maximum atomic E-state index is 11.1. The van der Waals surface area contributed by atoms with E-state index in [9.17, 15) is 4.79 Å². The van der Waals surface area contributed by atoms with Gasteiger partial charge in [-0.15, -0.1) is 0 Å². The number of carbonyl (C=O) groups is 1. The van der Waals surface area contributed by atoms with Gasteiger partial charge in [-0.2, -0.15) is 0 Å². The molecule has 0 amide bonds. The zero-order valence-corrected chi connectivity index (χ0v) is 7.72. The maximum Gasteiger partial charge on any atom is 0.155 e. The Morgan fingerprint density at radius 2 is 1.83 bits per heavy atom. The summed E-state index contributed by atoms with van der Waals surface area (Å²) < 4.78 is 0. The largest absolute Gasteiger partial charge is 0.295 e. The van der Waals surface area contributed by atoms with Gasteiger partial charge in [0.25, 0.3) is 0 Å². The van der Waals surface area contributed by atoms with Crippen LogP contribution in [0.2, 0.25) is 0 Å². The smallest absolute Gasteiger partial charge is 0.155 e. The Labute approximate surface area is 74.9 Å². The Kier molecular flexibility index (Phi) is 4.06. The van der Waals surface area contributed by atoms with Gasteiger partial charge in [0.1, 0.15) is 0 Å². The van der Waals surface area contributed by atoms with Crippen molar-refractivity contribution in [2.75, 3.05) is 0 Å². The highest BCUT2D eigenvalue weighted by atomic mass is 16.1. The van der Waals surface area contributed by atoms with Crippen LogP contribution in [0.3, 0.4) is 0 Å². The van der Waals surface area contributed by atoms with Crippen molar-refractivity contribution in [2.45, 2.75) is 44.9 Å². The number of allylic oxidation sites excluding steroid dienone is 1. The quantitative estimate of drug-likeness (QED) is 0.465. The molecular formula is C11H18O. The summed E-state index contributed by atoms with van der Waals surface area (Å²) in [7, 11) is 0. The Bertz CT molecular complexity index is 152. The summed E-state index contributed by atoms with van der Waals surface area (Å²) in [6.45, 7) is 3.50. The van der Waals surface area contributed by atoms with Crippen LogP contribution in [-0.2, 0) is 4.79 Å². The van der Waals surface area contributed by atoms with E-state index in [1.54, 1.807) is 0 Å². The Hall–Kier alpha value is -0.590. The lowest BCUT2D eigenvalue weighted by atomic mass is 9.94. The molecule has 1 aliphatic carbocycles. The van der Waals surface area contributed by atoms with E-state index < -0.39 is 0 Å². The number of ketones is 1. The molecule has 0 spiro atoms. The molecule has 1 aliphatic rings. The molecule has 0 aromatic heterocycles. The van der Waals surface area contributed by atoms with Crippen LogP contribution in [0.5, 0.6) is 0 Å². The summed E-state index contributed by atoms with van der Waals surface area (Å²) in [4.78, 5) is 11.1. The molecule has 1 heteroatoms. The first-order valence-corrected chi connectivity index (χ1v) is 4.98. The fourth-order valence-electron chi connectivity index (χ4n) is 1.94. The lowest BCUT2D eigenvalue weighted by molar-refractivity contribution is -0.115. The highest BCUT2D eigenvalue weighted by Crippen LogP contribution is 2.25. The standard InChI is InChI=1S/C11H18O/c1-2-11(12)9-10-7-5-3-4-6-8-10/h2,10H,1,3-9H2. The molecule has 0 aromatic carbocycles. The van der Waals surface area contributed by atoms with Crippen LogP contribution in [-0.4, -0.2) is 5.78 Å². The number of hydrogen-bond acceptors (Lipinski definition) is 1. The lowest BCUT2D eigenvalue weighted by Crippen LogP contribution is -2.05. The van der Waals surface area contributed by atoms with Crippen molar-refractivity contribution >= 4 is 5.78 Å². The van der Waals surface area contributed by atoms with Crippen LogP contribution in [0.4, 0.5) is 0 Å². The molecule has 0 atom stereocenters. The topological polar surface area (TPSA) is 17.1 Å². The van der Waals surface area contributed by atoms with Crippen LogP contribution in [0, 0.1) is 5.92 Å². The first-order valence-electron chi connectivity index (χ1n) is 4.98. The average molecular weight is 166 g/mol. The third-order valence-electron chi connectivity index (χ3n) is 2.69. The van der Waals surface area contributed by atoms with Gasteiger partial charge in [0.2, 0.25) is 0 Å². The lowest BCUT2D eigenvalue weighted by Gasteiger charge is -2.10. The first-order chi connectivity index (χ1) is 5.83. The second-order valence-electron chi connectivity index (χ2n) is 3.73. The summed E-state index contributed by atoms with van der Waals surface area (Å²) in [6, 6.07) is 0. The normalized spacial score (nSPS) is 20.0. The van der Waals surface area contributed by atoms with Crippen LogP contribution < -0.4 is 0 Å². The summed E-state index contributed by atoms with van der Waals surface area (Å²) in [5.74, 6) is 0.875. The van der Waals surface area contributed by atoms with Gasteiger partial charge in [-0.3, -0.25) is 4.79 Å². The third-order valence-corrected chi connectivity index (χ3v) is 2.69. The predicted octanol–water partition coefficient (Wildman–Crippen LogP) is 3.10. The van der Waals surface area contributed by atoms with Crippen LogP contribution in [0.25, 0.3) is 0 Å². The second kappa shape index (κ2) is 5.13. The van der Waals surface area contributed by atoms with Gasteiger partial charge in [0.15, 0.2) is 5.78 Å². The molecule has 0 N–H and O–H groups in total. The molecule has 1 nitrogen and oxygen atoms in total. The van der Waals surface area contributed by atoms with Gasteiger partial charge in [-0.05, 0) is 12.0 Å². The molecular weight excluding hydrogens is 148 g/mol. The minimum Gasteiger partial charge on any atom is -0.295 e. The highest BCUT2D eigenvalue weighted by molar-refractivity contribution is 5.89. The number of carbonyl (C=O) groups excluding carboxylic acids is 1. The molecule has 0 saturated heterocycles. The van der Waals surface area contributed by atoms with Crippen molar-refractivity contribution in [1.82, 2.24) is 0 Å². The summed E-state index contributed by atoms with van der Waals surface area (Å²) >= 11 is 0. The van der Waals surface area contributed by atoms with E-state index in [0.717, 1.165) is 6.42 Å². The Morgan fingerprint density at radius 1 is 1.25 bits per heavy atom. The Morgan fingerprint density at radius 3 is 2.33 bits per heavy atom. The molecule has 0 bridgehead atoms. The molecule has 0 aromatic rings. The van der Waals surface area contributed by atoms with E-state index in [4.69, 9.17) is 0 Å². The highest BCUT2D eigenvalue weighted by Gasteiger charge is 2.13. The van der Waals surface area contributed by atoms with E-state index in [2.05, 4.69) is 6.58 Å². The number of rotatable bonds is 3. The molecule has 1 saturated carbocycles. The van der Waals surface area contributed by atoms with Gasteiger partial charge < -0.3 is 0 Å². The molecule has 68 valence electrons. The zero-order chi connectivity index (χ0) is 8.81. The molecule has 0 heterocycles. The van der Waals surface area contributed by atoms with Gasteiger partial charge in [-0.25, -0.2) is 0 Å². The SMILES string of the molecule is C=CC(=O)CC1CCCCCC1. The average Bonchev–Trinajstić information content (AvgIpc) is 2.33. The molecule has 12 heavy (non-hydrogen) atoms. The van der Waals surface area contributed by atoms with Gasteiger partial charge in [0.05, 0.1) is 0 Å². The fourth-order valence-corrected chi connectivity index (χ4v) is 1.94. The number of hydrogen-bond donors (Lipinski definition) is 0. The molecule has 1 fully saturated rings. The summed E-state index contributed by atoms with van der Waals surface area (Å²) in [6.07, 6.45) is 10.1. The van der Waals surface area contributed by atoms with E-state index in [1.165, 1.54) is 44.6 Å². The summed E-state index contributed by atoms with van der Waals surface area (Å²) in [5, 5.41) is 0. The molecule has 0 aliphatic heterocycles.